The van der Waals surface area contributed by atoms with Crippen LogP contribution < -0.4 is 10.6 Å². The van der Waals surface area contributed by atoms with Crippen molar-refractivity contribution in [2.45, 2.75) is 19.0 Å². The lowest BCUT2D eigenvalue weighted by Crippen LogP contribution is -2.42. The number of aliphatic imine (C=N–C) groups is 1. The molecule has 166 valence electrons. The van der Waals surface area contributed by atoms with E-state index in [4.69, 9.17) is 11.6 Å². The molecule has 2 amide bonds. The molecule has 1 atom stereocenters. The Kier molecular flexibility index (Phi) is 5.53. The van der Waals surface area contributed by atoms with Gasteiger partial charge in [0, 0.05) is 17.4 Å². The minimum Gasteiger partial charge on any atom is -0.465 e. The lowest BCUT2D eigenvalue weighted by Gasteiger charge is -2.32. The number of carboxylic acid groups (broad SMARTS) is 1. The highest BCUT2D eigenvalue weighted by Crippen LogP contribution is 2.35. The van der Waals surface area contributed by atoms with E-state index in [1.54, 1.807) is 6.92 Å². The first-order chi connectivity index (χ1) is 15.7. The Morgan fingerprint density at radius 3 is 2.70 bits per heavy atom. The second-order valence-corrected chi connectivity index (χ2v) is 7.78. The van der Waals surface area contributed by atoms with Crippen LogP contribution in [0.4, 0.5) is 14.9 Å². The number of carbonyl (C=O) groups excluding carboxylic acids is 1. The largest absolute Gasteiger partial charge is 0.465 e. The Morgan fingerprint density at radius 2 is 2.03 bits per heavy atom. The zero-order valence-electron chi connectivity index (χ0n) is 17.0. The molecule has 0 saturated carbocycles. The van der Waals surface area contributed by atoms with Crippen molar-refractivity contribution in [3.05, 3.63) is 76.3 Å². The average molecular weight is 468 g/mol. The second-order valence-electron chi connectivity index (χ2n) is 7.34. The summed E-state index contributed by atoms with van der Waals surface area (Å²) < 4.78 is 16.4. The number of imidazole rings is 1. The molecule has 0 fully saturated rings. The van der Waals surface area contributed by atoms with E-state index in [1.165, 1.54) is 47.3 Å². The number of nitrogens with one attached hydrogen (secondary N) is 2. The molecule has 10 nitrogen and oxygen atoms in total. The molecular weight excluding hydrogens is 453 g/mol. The van der Waals surface area contributed by atoms with Gasteiger partial charge in [-0.25, -0.2) is 19.2 Å². The standard InChI is InChI=1S/C21H15ClFN7O3/c1-21(10-30-13(7-24)9-26-18(30)17(29-21)28-20(32)33)14-6-12(3-4-15(14)23)27-19(31)16-5-2-11(22)8-25-16/h2-6,8-9H,10H2,1H3,(H,27,31)(H,28,29)(H,32,33). The van der Waals surface area contributed by atoms with E-state index in [9.17, 15) is 24.3 Å². The fourth-order valence-corrected chi connectivity index (χ4v) is 3.62. The molecule has 0 spiro atoms. The van der Waals surface area contributed by atoms with Gasteiger partial charge in [-0.2, -0.15) is 5.26 Å². The number of halogens is 2. The van der Waals surface area contributed by atoms with Gasteiger partial charge in [-0.05, 0) is 37.3 Å². The number of amidine groups is 1. The first-order valence-electron chi connectivity index (χ1n) is 9.49. The molecule has 3 aromatic rings. The average Bonchev–Trinajstić information content (AvgIpc) is 3.17. The second kappa shape index (κ2) is 8.33. The maximum absolute atomic E-state index is 14.9. The van der Waals surface area contributed by atoms with Gasteiger partial charge in [-0.15, -0.1) is 0 Å². The van der Waals surface area contributed by atoms with Crippen LogP contribution >= 0.6 is 11.6 Å². The highest BCUT2D eigenvalue weighted by molar-refractivity contribution is 6.30. The van der Waals surface area contributed by atoms with Crippen molar-refractivity contribution in [1.82, 2.24) is 19.9 Å². The summed E-state index contributed by atoms with van der Waals surface area (Å²) in [5.74, 6) is -1.14. The van der Waals surface area contributed by atoms with E-state index in [0.717, 1.165) is 0 Å². The topological polar surface area (TPSA) is 145 Å². The van der Waals surface area contributed by atoms with Crippen LogP contribution in [-0.4, -0.2) is 37.5 Å². The maximum atomic E-state index is 14.9. The summed E-state index contributed by atoms with van der Waals surface area (Å²) in [6, 6.07) is 8.89. The van der Waals surface area contributed by atoms with Gasteiger partial charge in [0.25, 0.3) is 5.91 Å². The third kappa shape index (κ3) is 4.24. The Hall–Kier alpha value is -4.30. The molecule has 1 aliphatic rings. The highest BCUT2D eigenvalue weighted by Gasteiger charge is 2.37. The number of anilines is 1. The van der Waals surface area contributed by atoms with E-state index in [2.05, 4.69) is 25.6 Å². The molecule has 0 bridgehead atoms. The van der Waals surface area contributed by atoms with Gasteiger partial charge >= 0.3 is 6.09 Å². The number of amides is 2. The monoisotopic (exact) mass is 467 g/mol. The van der Waals surface area contributed by atoms with E-state index < -0.39 is 23.4 Å². The highest BCUT2D eigenvalue weighted by atomic mass is 35.5. The molecule has 0 aliphatic carbocycles. The minimum absolute atomic E-state index is 0.0169. The first kappa shape index (κ1) is 21.9. The van der Waals surface area contributed by atoms with Gasteiger partial charge in [-0.3, -0.25) is 15.1 Å². The summed E-state index contributed by atoms with van der Waals surface area (Å²) in [7, 11) is 0. The van der Waals surface area contributed by atoms with E-state index in [0.29, 0.717) is 5.02 Å². The normalized spacial score (nSPS) is 16.8. The number of nitriles is 1. The maximum Gasteiger partial charge on any atom is 0.410 e. The summed E-state index contributed by atoms with van der Waals surface area (Å²) >= 11 is 5.79. The number of benzene rings is 1. The third-order valence-corrected chi connectivity index (χ3v) is 5.22. The SMILES string of the molecule is CC1(c2cc(NC(=O)c3ccc(Cl)cn3)ccc2F)Cn2c(C#N)cnc2C(NC(=O)O)=N1. The Balaban J connectivity index is 1.73. The zero-order valence-corrected chi connectivity index (χ0v) is 17.8. The predicted molar refractivity (Wildman–Crippen MR) is 116 cm³/mol. The molecule has 1 aromatic carbocycles. The van der Waals surface area contributed by atoms with Gasteiger partial charge in [0.15, 0.2) is 11.7 Å². The summed E-state index contributed by atoms with van der Waals surface area (Å²) in [5.41, 5.74) is -0.691. The van der Waals surface area contributed by atoms with Crippen LogP contribution in [0.25, 0.3) is 0 Å². The molecule has 0 radical (unpaired) electrons. The minimum atomic E-state index is -1.39. The van der Waals surface area contributed by atoms with E-state index >= 15 is 0 Å². The van der Waals surface area contributed by atoms with Crippen molar-refractivity contribution in [3.63, 3.8) is 0 Å². The Bertz CT molecular complexity index is 1350. The molecule has 1 aliphatic heterocycles. The van der Waals surface area contributed by atoms with E-state index in [1.807, 2.05) is 6.07 Å². The molecule has 3 heterocycles. The summed E-state index contributed by atoms with van der Waals surface area (Å²) in [4.78, 5) is 36.2. The van der Waals surface area contributed by atoms with Crippen LogP contribution in [-0.2, 0) is 12.1 Å². The number of hydrogen-bond acceptors (Lipinski definition) is 6. The van der Waals surface area contributed by atoms with E-state index in [-0.39, 0.29) is 40.8 Å². The van der Waals surface area contributed by atoms with Crippen LogP contribution in [0.15, 0.2) is 47.7 Å². The van der Waals surface area contributed by atoms with Gasteiger partial charge < -0.3 is 15.0 Å². The van der Waals surface area contributed by atoms with Crippen LogP contribution in [0.2, 0.25) is 5.02 Å². The number of nitrogens with zero attached hydrogens (tertiary/aromatic N) is 5. The first-order valence-corrected chi connectivity index (χ1v) is 9.87. The van der Waals surface area contributed by atoms with Crippen LogP contribution in [0, 0.1) is 17.1 Å². The number of fused-ring (bicyclic) bond motifs is 1. The van der Waals surface area contributed by atoms with Gasteiger partial charge in [0.1, 0.15) is 28.8 Å². The Morgan fingerprint density at radius 1 is 1.24 bits per heavy atom. The molecule has 12 heteroatoms. The fourth-order valence-electron chi connectivity index (χ4n) is 3.51. The molecular formula is C21H15ClFN7O3. The molecule has 1 unspecified atom stereocenters. The number of hydrogen-bond donors (Lipinski definition) is 3. The molecule has 2 aromatic heterocycles. The quantitative estimate of drug-likeness (QED) is 0.539. The van der Waals surface area contributed by atoms with Crippen molar-refractivity contribution in [3.8, 4) is 6.07 Å². The summed E-state index contributed by atoms with van der Waals surface area (Å²) in [6.45, 7) is 1.61. The molecule has 4 rings (SSSR count). The van der Waals surface area contributed by atoms with Crippen LogP contribution in [0.3, 0.4) is 0 Å². The van der Waals surface area contributed by atoms with Crippen LogP contribution in [0.1, 0.15) is 34.5 Å². The number of pyridine rings is 1. The van der Waals surface area contributed by atoms with Gasteiger partial charge in [-0.1, -0.05) is 11.6 Å². The molecule has 0 saturated heterocycles. The fraction of sp³-hybridized carbons (Fsp3) is 0.143. The van der Waals surface area contributed by atoms with Crippen molar-refractivity contribution in [1.29, 1.82) is 5.26 Å². The zero-order chi connectivity index (χ0) is 23.8. The number of carbonyl (C=O) groups is 2. The van der Waals surface area contributed by atoms with Crippen molar-refractivity contribution < 1.29 is 19.1 Å². The molecule has 3 N–H and O–H groups in total. The predicted octanol–water partition coefficient (Wildman–Crippen LogP) is 3.14. The molecule has 33 heavy (non-hydrogen) atoms. The van der Waals surface area contributed by atoms with Crippen molar-refractivity contribution >= 4 is 35.1 Å². The number of aromatic nitrogens is 3. The van der Waals surface area contributed by atoms with Gasteiger partial charge in [0.2, 0.25) is 0 Å². The van der Waals surface area contributed by atoms with Gasteiger partial charge in [0.05, 0.1) is 17.8 Å². The summed E-state index contributed by atoms with van der Waals surface area (Å²) in [6.07, 6.45) is 1.23. The number of rotatable bonds is 3. The smallest absolute Gasteiger partial charge is 0.410 e. The summed E-state index contributed by atoms with van der Waals surface area (Å²) in [5, 5.41) is 23.8. The third-order valence-electron chi connectivity index (χ3n) is 5.00. The lowest BCUT2D eigenvalue weighted by atomic mass is 9.90. The Labute approximate surface area is 191 Å². The van der Waals surface area contributed by atoms with Crippen molar-refractivity contribution in [2.24, 2.45) is 4.99 Å². The lowest BCUT2D eigenvalue weighted by molar-refractivity contribution is 0.102. The van der Waals surface area contributed by atoms with Crippen molar-refractivity contribution in [2.75, 3.05) is 5.32 Å². The van der Waals surface area contributed by atoms with Crippen LogP contribution in [0.5, 0.6) is 0 Å².